The van der Waals surface area contributed by atoms with Gasteiger partial charge in [0.15, 0.2) is 0 Å². The minimum absolute atomic E-state index is 0.0727. The van der Waals surface area contributed by atoms with Crippen molar-refractivity contribution < 1.29 is 27.8 Å². The van der Waals surface area contributed by atoms with Crippen molar-refractivity contribution in [1.29, 1.82) is 0 Å². The standard InChI is InChI=1S/C35H37F2N7O4/c1-23(22-45)20-38-29-17-24(3-6-27(29)36)34-30(40-25-4-7-31(28(37)18-25)43-9-13-47-14-10-43)21-39-35(42-34)41-26-5-8-33(46-2)32(19-26)44-11-15-48-16-12-44/h3-8,17-19,21-22,38,40H,1,9-16,20H2,2H3,(H,39,41,42). The van der Waals surface area contributed by atoms with E-state index in [1.54, 1.807) is 37.6 Å². The summed E-state index contributed by atoms with van der Waals surface area (Å²) in [7, 11) is 1.64. The molecule has 2 aliphatic rings. The number of hydrogen-bond acceptors (Lipinski definition) is 11. The number of carbonyl (C=O) groups excluding carboxylic acids is 1. The van der Waals surface area contributed by atoms with Crippen molar-refractivity contribution in [2.24, 2.45) is 0 Å². The minimum Gasteiger partial charge on any atom is -0.495 e. The number of ether oxygens (including phenoxy) is 3. The fraction of sp³-hybridized carbons (Fsp3) is 0.286. The molecule has 3 heterocycles. The van der Waals surface area contributed by atoms with Crippen LogP contribution in [0.5, 0.6) is 5.75 Å². The van der Waals surface area contributed by atoms with E-state index in [0.29, 0.717) is 74.1 Å². The molecule has 6 rings (SSSR count). The Labute approximate surface area is 277 Å². The molecule has 11 nitrogen and oxygen atoms in total. The monoisotopic (exact) mass is 657 g/mol. The third-order valence-corrected chi connectivity index (χ3v) is 8.07. The Morgan fingerprint density at radius 1 is 0.875 bits per heavy atom. The molecule has 0 bridgehead atoms. The van der Waals surface area contributed by atoms with Gasteiger partial charge in [0.1, 0.15) is 23.7 Å². The predicted molar refractivity (Wildman–Crippen MR) is 183 cm³/mol. The van der Waals surface area contributed by atoms with Crippen LogP contribution in [-0.4, -0.2) is 82.5 Å². The molecule has 250 valence electrons. The van der Waals surface area contributed by atoms with E-state index in [-0.39, 0.29) is 29.6 Å². The first-order valence-corrected chi connectivity index (χ1v) is 15.6. The van der Waals surface area contributed by atoms with Gasteiger partial charge in [-0.25, -0.2) is 18.7 Å². The molecule has 0 aliphatic carbocycles. The molecule has 3 N–H and O–H groups in total. The second-order valence-corrected chi connectivity index (χ2v) is 11.3. The maximum absolute atomic E-state index is 15.3. The van der Waals surface area contributed by atoms with E-state index in [1.165, 1.54) is 12.1 Å². The summed E-state index contributed by atoms with van der Waals surface area (Å²) in [6, 6.07) is 15.2. The van der Waals surface area contributed by atoms with Crippen molar-refractivity contribution in [3.63, 3.8) is 0 Å². The molecule has 4 aromatic rings. The van der Waals surface area contributed by atoms with E-state index in [2.05, 4.69) is 32.4 Å². The normalized spacial score (nSPS) is 14.7. The van der Waals surface area contributed by atoms with Crippen LogP contribution in [0.15, 0.2) is 72.9 Å². The van der Waals surface area contributed by atoms with Crippen LogP contribution in [0.3, 0.4) is 0 Å². The van der Waals surface area contributed by atoms with Gasteiger partial charge in [0.2, 0.25) is 5.95 Å². The highest BCUT2D eigenvalue weighted by atomic mass is 19.1. The predicted octanol–water partition coefficient (Wildman–Crippen LogP) is 5.76. The molecule has 0 amide bonds. The van der Waals surface area contributed by atoms with Gasteiger partial charge in [-0.15, -0.1) is 0 Å². The number of nitrogens with one attached hydrogen (secondary N) is 3. The van der Waals surface area contributed by atoms with Crippen molar-refractivity contribution in [3.05, 3.63) is 84.6 Å². The number of benzene rings is 3. The summed E-state index contributed by atoms with van der Waals surface area (Å²) in [4.78, 5) is 24.6. The minimum atomic E-state index is -0.506. The number of rotatable bonds is 12. The van der Waals surface area contributed by atoms with E-state index in [9.17, 15) is 9.18 Å². The number of morpholine rings is 2. The molecule has 2 fully saturated rings. The molecule has 0 saturated carbocycles. The lowest BCUT2D eigenvalue weighted by molar-refractivity contribution is -0.104. The Kier molecular flexibility index (Phi) is 10.3. The first kappa shape index (κ1) is 32.7. The van der Waals surface area contributed by atoms with E-state index in [4.69, 9.17) is 19.2 Å². The Bertz CT molecular complexity index is 1780. The van der Waals surface area contributed by atoms with Gasteiger partial charge >= 0.3 is 0 Å². The molecule has 1 aromatic heterocycles. The quantitative estimate of drug-likeness (QED) is 0.128. The third kappa shape index (κ3) is 7.64. The Morgan fingerprint density at radius 2 is 1.56 bits per heavy atom. The van der Waals surface area contributed by atoms with Crippen LogP contribution in [-0.2, 0) is 14.3 Å². The molecular formula is C35H37F2N7O4. The van der Waals surface area contributed by atoms with Crippen LogP contribution in [0.2, 0.25) is 0 Å². The van der Waals surface area contributed by atoms with Gasteiger partial charge in [-0.3, -0.25) is 4.79 Å². The lowest BCUT2D eigenvalue weighted by Gasteiger charge is -2.30. The van der Waals surface area contributed by atoms with Crippen molar-refractivity contribution in [3.8, 4) is 17.0 Å². The first-order valence-electron chi connectivity index (χ1n) is 15.6. The van der Waals surface area contributed by atoms with Crippen molar-refractivity contribution in [2.45, 2.75) is 0 Å². The zero-order chi connectivity index (χ0) is 33.5. The summed E-state index contributed by atoms with van der Waals surface area (Å²) in [6.07, 6.45) is 2.21. The van der Waals surface area contributed by atoms with E-state index >= 15 is 4.39 Å². The van der Waals surface area contributed by atoms with Gasteiger partial charge in [0.25, 0.3) is 0 Å². The fourth-order valence-corrected chi connectivity index (χ4v) is 5.56. The summed E-state index contributed by atoms with van der Waals surface area (Å²) < 4.78 is 46.7. The average molecular weight is 658 g/mol. The van der Waals surface area contributed by atoms with E-state index in [1.807, 2.05) is 23.1 Å². The lowest BCUT2D eigenvalue weighted by Crippen LogP contribution is -2.36. The van der Waals surface area contributed by atoms with Crippen LogP contribution < -0.4 is 30.5 Å². The summed E-state index contributed by atoms with van der Waals surface area (Å²) in [6.45, 7) is 8.75. The SMILES string of the molecule is C=C(C=O)CNc1cc(-c2nc(Nc3ccc(OC)c(N4CCOCC4)c3)ncc2Nc2ccc(N3CCOCC3)c(F)c2)ccc1F. The zero-order valence-electron chi connectivity index (χ0n) is 26.6. The maximum atomic E-state index is 15.3. The largest absolute Gasteiger partial charge is 0.495 e. The molecular weight excluding hydrogens is 620 g/mol. The van der Waals surface area contributed by atoms with Gasteiger partial charge in [0, 0.05) is 55.2 Å². The number of hydrogen-bond donors (Lipinski definition) is 3. The molecule has 2 saturated heterocycles. The van der Waals surface area contributed by atoms with E-state index in [0.717, 1.165) is 30.2 Å². The number of nitrogens with zero attached hydrogens (tertiary/aromatic N) is 4. The van der Waals surface area contributed by atoms with Gasteiger partial charge in [-0.2, -0.15) is 0 Å². The second-order valence-electron chi connectivity index (χ2n) is 11.3. The number of anilines is 7. The molecule has 0 unspecified atom stereocenters. The smallest absolute Gasteiger partial charge is 0.227 e. The Morgan fingerprint density at radius 3 is 2.25 bits per heavy atom. The highest BCUT2D eigenvalue weighted by Crippen LogP contribution is 2.35. The number of carbonyl (C=O) groups is 1. The summed E-state index contributed by atoms with van der Waals surface area (Å²) in [5.74, 6) is 0.144. The van der Waals surface area contributed by atoms with Crippen LogP contribution in [0.1, 0.15) is 0 Å². The van der Waals surface area contributed by atoms with Crippen molar-refractivity contribution >= 4 is 46.4 Å². The van der Waals surface area contributed by atoms with Gasteiger partial charge < -0.3 is 40.0 Å². The van der Waals surface area contributed by atoms with Crippen LogP contribution in [0.4, 0.5) is 48.9 Å². The lowest BCUT2D eigenvalue weighted by atomic mass is 10.1. The van der Waals surface area contributed by atoms with Gasteiger partial charge in [-0.1, -0.05) is 6.58 Å². The van der Waals surface area contributed by atoms with Crippen LogP contribution in [0.25, 0.3) is 11.3 Å². The highest BCUT2D eigenvalue weighted by molar-refractivity contribution is 5.81. The molecule has 0 atom stereocenters. The fourth-order valence-electron chi connectivity index (χ4n) is 5.56. The molecule has 0 radical (unpaired) electrons. The number of halogens is 2. The molecule has 3 aromatic carbocycles. The Hall–Kier alpha value is -5.27. The second kappa shape index (κ2) is 15.1. The summed E-state index contributed by atoms with van der Waals surface area (Å²) in [5.41, 5.74) is 4.54. The summed E-state index contributed by atoms with van der Waals surface area (Å²) in [5, 5.41) is 9.45. The number of methoxy groups -OCH3 is 1. The average Bonchev–Trinajstić information content (AvgIpc) is 3.12. The number of aldehydes is 1. The van der Waals surface area contributed by atoms with Crippen LogP contribution >= 0.6 is 0 Å². The zero-order valence-corrected chi connectivity index (χ0v) is 26.6. The summed E-state index contributed by atoms with van der Waals surface area (Å²) >= 11 is 0. The molecule has 13 heteroatoms. The van der Waals surface area contributed by atoms with Crippen LogP contribution in [0, 0.1) is 11.6 Å². The van der Waals surface area contributed by atoms with Gasteiger partial charge in [0.05, 0.1) is 68.2 Å². The molecule has 2 aliphatic heterocycles. The topological polar surface area (TPSA) is 113 Å². The number of aromatic nitrogens is 2. The van der Waals surface area contributed by atoms with Gasteiger partial charge in [-0.05, 0) is 54.6 Å². The van der Waals surface area contributed by atoms with Crippen molar-refractivity contribution in [1.82, 2.24) is 9.97 Å². The third-order valence-electron chi connectivity index (χ3n) is 8.07. The van der Waals surface area contributed by atoms with E-state index < -0.39 is 5.82 Å². The molecule has 48 heavy (non-hydrogen) atoms. The maximum Gasteiger partial charge on any atom is 0.227 e. The highest BCUT2D eigenvalue weighted by Gasteiger charge is 2.19. The Balaban J connectivity index is 1.33. The molecule has 0 spiro atoms. The first-order chi connectivity index (χ1) is 23.4. The van der Waals surface area contributed by atoms with Crippen molar-refractivity contribution in [2.75, 3.05) is 92.0 Å².